The fourth-order valence-electron chi connectivity index (χ4n) is 2.61. The summed E-state index contributed by atoms with van der Waals surface area (Å²) in [5.41, 5.74) is 0. The summed E-state index contributed by atoms with van der Waals surface area (Å²) in [5.74, 6) is 4.02. The van der Waals surface area contributed by atoms with Crippen LogP contribution in [0.25, 0.3) is 0 Å². The Bertz CT molecular complexity index is 359. The minimum atomic E-state index is 0.862. The summed E-state index contributed by atoms with van der Waals surface area (Å²) in [6.07, 6.45) is 6.11. The van der Waals surface area contributed by atoms with Gasteiger partial charge in [0.05, 0.1) is 12.3 Å². The second-order valence-corrected chi connectivity index (χ2v) is 6.38. The molecular weight excluding hydrogens is 256 g/mol. The Balaban J connectivity index is 1.58. The van der Waals surface area contributed by atoms with Crippen LogP contribution < -0.4 is 5.32 Å². The molecular formula is C15H26N2OS. The predicted molar refractivity (Wildman–Crippen MR) is 82.5 cm³/mol. The van der Waals surface area contributed by atoms with E-state index in [9.17, 15) is 0 Å². The molecule has 19 heavy (non-hydrogen) atoms. The maximum atomic E-state index is 5.74. The van der Waals surface area contributed by atoms with Crippen LogP contribution in [0.4, 0.5) is 0 Å². The number of thioether (sulfide) groups is 1. The number of furan rings is 1. The number of nitrogens with one attached hydrogen (secondary N) is 1. The molecule has 0 unspecified atom stereocenters. The van der Waals surface area contributed by atoms with Crippen LogP contribution in [-0.2, 0) is 12.3 Å². The Labute approximate surface area is 121 Å². The van der Waals surface area contributed by atoms with Crippen LogP contribution in [0, 0.1) is 5.92 Å². The number of hydrogen-bond acceptors (Lipinski definition) is 4. The highest BCUT2D eigenvalue weighted by Gasteiger charge is 2.15. The molecule has 1 N–H and O–H groups in total. The number of hydrogen-bond donors (Lipinski definition) is 1. The first-order chi connectivity index (χ1) is 9.28. The van der Waals surface area contributed by atoms with E-state index in [0.717, 1.165) is 36.3 Å². The molecule has 108 valence electrons. The first-order valence-corrected chi connectivity index (χ1v) is 8.63. The summed E-state index contributed by atoms with van der Waals surface area (Å²) in [7, 11) is 2.22. The molecule has 2 heterocycles. The van der Waals surface area contributed by atoms with E-state index in [2.05, 4.69) is 35.7 Å². The van der Waals surface area contributed by atoms with Gasteiger partial charge in [0.2, 0.25) is 0 Å². The van der Waals surface area contributed by atoms with Crippen LogP contribution in [-0.4, -0.2) is 37.8 Å². The van der Waals surface area contributed by atoms with Gasteiger partial charge in [0.15, 0.2) is 0 Å². The number of likely N-dealkylation sites (tertiary alicyclic amines) is 1. The van der Waals surface area contributed by atoms with Gasteiger partial charge in [-0.05, 0) is 70.3 Å². The smallest absolute Gasteiger partial charge is 0.117 e. The fraction of sp³-hybridized carbons (Fsp3) is 0.733. The Hall–Kier alpha value is -0.450. The Morgan fingerprint density at radius 3 is 2.79 bits per heavy atom. The maximum absolute atomic E-state index is 5.74. The monoisotopic (exact) mass is 282 g/mol. The van der Waals surface area contributed by atoms with Gasteiger partial charge >= 0.3 is 0 Å². The third-order valence-corrected chi connectivity index (χ3v) is 4.44. The molecule has 1 aromatic rings. The second-order valence-electron chi connectivity index (χ2n) is 5.51. The lowest BCUT2D eigenvalue weighted by molar-refractivity contribution is 0.211. The molecule has 1 fully saturated rings. The van der Waals surface area contributed by atoms with Gasteiger partial charge in [-0.25, -0.2) is 0 Å². The molecule has 2 rings (SSSR count). The van der Waals surface area contributed by atoms with Crippen molar-refractivity contribution in [3.8, 4) is 0 Å². The molecule has 4 heteroatoms. The standard InChI is InChI=1S/C15H26N2OS/c1-17-9-6-13(7-10-17)5-8-16-11-14-3-4-15(18-14)12-19-2/h3-4,13,16H,5-12H2,1-2H3. The molecule has 0 spiro atoms. The molecule has 1 saturated heterocycles. The molecule has 0 bridgehead atoms. The van der Waals surface area contributed by atoms with Crippen molar-refractivity contribution in [2.45, 2.75) is 31.6 Å². The third kappa shape index (κ3) is 5.21. The van der Waals surface area contributed by atoms with Crippen molar-refractivity contribution in [3.05, 3.63) is 23.7 Å². The van der Waals surface area contributed by atoms with Gasteiger partial charge in [0.1, 0.15) is 11.5 Å². The van der Waals surface area contributed by atoms with E-state index in [4.69, 9.17) is 4.42 Å². The van der Waals surface area contributed by atoms with Crippen molar-refractivity contribution in [2.75, 3.05) is 32.9 Å². The lowest BCUT2D eigenvalue weighted by Crippen LogP contribution is -2.31. The summed E-state index contributed by atoms with van der Waals surface area (Å²) < 4.78 is 5.74. The maximum Gasteiger partial charge on any atom is 0.117 e. The topological polar surface area (TPSA) is 28.4 Å². The zero-order valence-corrected chi connectivity index (χ0v) is 13.0. The van der Waals surface area contributed by atoms with E-state index in [0.29, 0.717) is 0 Å². The first kappa shape index (κ1) is 14.9. The second kappa shape index (κ2) is 7.98. The normalized spacial score (nSPS) is 18.0. The Kier molecular flexibility index (Phi) is 6.28. The summed E-state index contributed by atoms with van der Waals surface area (Å²) in [6.45, 7) is 4.50. The molecule has 0 atom stereocenters. The quantitative estimate of drug-likeness (QED) is 0.778. The van der Waals surface area contributed by atoms with Gasteiger partial charge in [0.25, 0.3) is 0 Å². The van der Waals surface area contributed by atoms with Crippen molar-refractivity contribution in [1.82, 2.24) is 10.2 Å². The van der Waals surface area contributed by atoms with E-state index >= 15 is 0 Å². The van der Waals surface area contributed by atoms with Crippen LogP contribution in [0.1, 0.15) is 30.8 Å². The predicted octanol–water partition coefficient (Wildman–Crippen LogP) is 2.96. The summed E-state index contributed by atoms with van der Waals surface area (Å²) in [4.78, 5) is 2.43. The highest BCUT2D eigenvalue weighted by atomic mass is 32.2. The molecule has 0 aliphatic carbocycles. The van der Waals surface area contributed by atoms with Gasteiger partial charge < -0.3 is 14.6 Å². The summed E-state index contributed by atoms with van der Waals surface area (Å²) in [6, 6.07) is 4.18. The molecule has 0 saturated carbocycles. The summed E-state index contributed by atoms with van der Waals surface area (Å²) >= 11 is 1.80. The first-order valence-electron chi connectivity index (χ1n) is 7.23. The molecule has 1 aliphatic rings. The van der Waals surface area contributed by atoms with Crippen molar-refractivity contribution in [3.63, 3.8) is 0 Å². The Morgan fingerprint density at radius 2 is 2.05 bits per heavy atom. The van der Waals surface area contributed by atoms with Crippen LogP contribution >= 0.6 is 11.8 Å². The van der Waals surface area contributed by atoms with Gasteiger partial charge in [0, 0.05) is 0 Å². The largest absolute Gasteiger partial charge is 0.464 e. The van der Waals surface area contributed by atoms with E-state index in [1.54, 1.807) is 11.8 Å². The van der Waals surface area contributed by atoms with Crippen molar-refractivity contribution < 1.29 is 4.42 Å². The van der Waals surface area contributed by atoms with Crippen molar-refractivity contribution >= 4 is 11.8 Å². The number of piperidine rings is 1. The third-order valence-electron chi connectivity index (χ3n) is 3.87. The molecule has 0 amide bonds. The highest BCUT2D eigenvalue weighted by molar-refractivity contribution is 7.97. The van der Waals surface area contributed by atoms with Crippen molar-refractivity contribution in [1.29, 1.82) is 0 Å². The molecule has 3 nitrogen and oxygen atoms in total. The van der Waals surface area contributed by atoms with Crippen molar-refractivity contribution in [2.24, 2.45) is 5.92 Å². The lowest BCUT2D eigenvalue weighted by atomic mass is 9.94. The Morgan fingerprint density at radius 1 is 1.32 bits per heavy atom. The minimum absolute atomic E-state index is 0.862. The van der Waals surface area contributed by atoms with E-state index in [1.165, 1.54) is 32.4 Å². The molecule has 0 aromatic carbocycles. The van der Waals surface area contributed by atoms with Crippen LogP contribution in [0.3, 0.4) is 0 Å². The van der Waals surface area contributed by atoms with Crippen LogP contribution in [0.2, 0.25) is 0 Å². The number of nitrogens with zero attached hydrogens (tertiary/aromatic N) is 1. The van der Waals surface area contributed by atoms with Gasteiger partial charge in [-0.3, -0.25) is 0 Å². The average molecular weight is 282 g/mol. The highest BCUT2D eigenvalue weighted by Crippen LogP contribution is 2.19. The number of rotatable bonds is 7. The molecule has 1 aromatic heterocycles. The molecule has 1 aliphatic heterocycles. The fourth-order valence-corrected chi connectivity index (χ4v) is 3.05. The zero-order valence-electron chi connectivity index (χ0n) is 12.2. The van der Waals surface area contributed by atoms with E-state index < -0.39 is 0 Å². The lowest BCUT2D eigenvalue weighted by Gasteiger charge is -2.28. The van der Waals surface area contributed by atoms with E-state index in [1.807, 2.05) is 0 Å². The van der Waals surface area contributed by atoms with Gasteiger partial charge in [-0.15, -0.1) is 0 Å². The SMILES string of the molecule is CSCc1ccc(CNCCC2CCN(C)CC2)o1. The average Bonchev–Trinajstić information content (AvgIpc) is 2.85. The van der Waals surface area contributed by atoms with Gasteiger partial charge in [-0.2, -0.15) is 11.8 Å². The van der Waals surface area contributed by atoms with Gasteiger partial charge in [-0.1, -0.05) is 0 Å². The zero-order chi connectivity index (χ0) is 13.5. The summed E-state index contributed by atoms with van der Waals surface area (Å²) in [5, 5.41) is 3.50. The van der Waals surface area contributed by atoms with Crippen LogP contribution in [0.5, 0.6) is 0 Å². The molecule has 0 radical (unpaired) electrons. The minimum Gasteiger partial charge on any atom is -0.464 e. The van der Waals surface area contributed by atoms with E-state index in [-0.39, 0.29) is 0 Å². The van der Waals surface area contributed by atoms with Crippen LogP contribution in [0.15, 0.2) is 16.5 Å².